The fraction of sp³-hybridized carbons (Fsp3) is 0.947. The number of ether oxygens (including phenoxy) is 1. The highest BCUT2D eigenvalue weighted by molar-refractivity contribution is 5.75. The molecule has 2 aliphatic rings. The summed E-state index contributed by atoms with van der Waals surface area (Å²) in [5.74, 6) is 0.319. The summed E-state index contributed by atoms with van der Waals surface area (Å²) < 4.78 is 5.45. The van der Waals surface area contributed by atoms with Gasteiger partial charge in [0.15, 0.2) is 0 Å². The normalized spacial score (nSPS) is 36.4. The number of esters is 1. The van der Waals surface area contributed by atoms with Crippen LogP contribution in [0.4, 0.5) is 0 Å². The Morgan fingerprint density at radius 3 is 2.22 bits per heavy atom. The van der Waals surface area contributed by atoms with Gasteiger partial charge in [-0.15, -0.1) is 0 Å². The van der Waals surface area contributed by atoms with Gasteiger partial charge in [-0.05, 0) is 56.0 Å². The van der Waals surface area contributed by atoms with Crippen LogP contribution in [0, 0.1) is 22.7 Å². The van der Waals surface area contributed by atoms with Gasteiger partial charge < -0.3 is 10.5 Å². The van der Waals surface area contributed by atoms with E-state index in [1.54, 1.807) is 0 Å². The molecule has 0 saturated heterocycles. The molecular weight excluding hydrogens is 288 g/mol. The molecule has 2 aliphatic carbocycles. The van der Waals surface area contributed by atoms with Gasteiger partial charge in [0.2, 0.25) is 0 Å². The molecule has 4 heteroatoms. The minimum absolute atomic E-state index is 0.0908. The average molecular weight is 325 g/mol. The maximum Gasteiger partial charge on any atom is 0.312 e. The summed E-state index contributed by atoms with van der Waals surface area (Å²) in [5.41, 5.74) is 6.31. The molecule has 0 radical (unpaired) electrons. The smallest absolute Gasteiger partial charge is 0.312 e. The van der Waals surface area contributed by atoms with Gasteiger partial charge in [-0.1, -0.05) is 34.6 Å². The SMILES string of the molecule is CCOC(=O)[C@@H](CN)[C@@]1(N(CC)CC)C[C@@H]2CC[C@@]1(C)C2(C)C. The van der Waals surface area contributed by atoms with Crippen LogP contribution in [0.1, 0.15) is 60.8 Å². The van der Waals surface area contributed by atoms with Gasteiger partial charge in [0.25, 0.3) is 0 Å². The molecule has 0 spiro atoms. The maximum absolute atomic E-state index is 12.8. The molecule has 2 saturated carbocycles. The summed E-state index contributed by atoms with van der Waals surface area (Å²) in [6.45, 7) is 16.2. The lowest BCUT2D eigenvalue weighted by atomic mass is 9.57. The van der Waals surface area contributed by atoms with E-state index in [1.807, 2.05) is 6.92 Å². The first-order valence-electron chi connectivity index (χ1n) is 9.38. The second-order valence-corrected chi connectivity index (χ2v) is 8.13. The number of carbonyl (C=O) groups excluding carboxylic acids is 1. The highest BCUT2D eigenvalue weighted by atomic mass is 16.5. The van der Waals surface area contributed by atoms with E-state index in [0.717, 1.165) is 19.5 Å². The van der Waals surface area contributed by atoms with Crippen LogP contribution in [-0.4, -0.2) is 42.6 Å². The minimum Gasteiger partial charge on any atom is -0.466 e. The van der Waals surface area contributed by atoms with Crippen LogP contribution in [0.3, 0.4) is 0 Å². The van der Waals surface area contributed by atoms with Gasteiger partial charge in [0.05, 0.1) is 12.5 Å². The lowest BCUT2D eigenvalue weighted by molar-refractivity contribution is -0.162. The Morgan fingerprint density at radius 2 is 1.87 bits per heavy atom. The molecule has 0 aromatic rings. The number of carbonyl (C=O) groups is 1. The van der Waals surface area contributed by atoms with Crippen LogP contribution >= 0.6 is 0 Å². The molecule has 4 nitrogen and oxygen atoms in total. The van der Waals surface area contributed by atoms with E-state index in [0.29, 0.717) is 19.1 Å². The van der Waals surface area contributed by atoms with Gasteiger partial charge in [0.1, 0.15) is 0 Å². The van der Waals surface area contributed by atoms with Crippen molar-refractivity contribution in [1.29, 1.82) is 0 Å². The third-order valence-electron chi connectivity index (χ3n) is 7.66. The van der Waals surface area contributed by atoms with Crippen molar-refractivity contribution in [2.45, 2.75) is 66.3 Å². The molecule has 2 bridgehead atoms. The Bertz CT molecular complexity index is 447. The first kappa shape index (κ1) is 18.7. The summed E-state index contributed by atoms with van der Waals surface area (Å²) in [6.07, 6.45) is 3.52. The first-order valence-corrected chi connectivity index (χ1v) is 9.38. The highest BCUT2D eigenvalue weighted by Crippen LogP contribution is 2.72. The van der Waals surface area contributed by atoms with Crippen molar-refractivity contribution >= 4 is 5.97 Å². The number of fused-ring (bicyclic) bond motifs is 2. The van der Waals surface area contributed by atoms with Gasteiger partial charge in [-0.3, -0.25) is 9.69 Å². The first-order chi connectivity index (χ1) is 10.8. The number of rotatable bonds is 7. The molecule has 134 valence electrons. The van der Waals surface area contributed by atoms with E-state index in [1.165, 1.54) is 12.8 Å². The predicted molar refractivity (Wildman–Crippen MR) is 94.1 cm³/mol. The molecule has 0 aromatic heterocycles. The van der Waals surface area contributed by atoms with Crippen LogP contribution in [-0.2, 0) is 9.53 Å². The summed E-state index contributed by atoms with van der Waals surface area (Å²) in [7, 11) is 0. The van der Waals surface area contributed by atoms with Crippen molar-refractivity contribution in [3.05, 3.63) is 0 Å². The fourth-order valence-corrected chi connectivity index (χ4v) is 6.07. The van der Waals surface area contributed by atoms with Gasteiger partial charge in [0, 0.05) is 12.1 Å². The summed E-state index contributed by atoms with van der Waals surface area (Å²) >= 11 is 0. The van der Waals surface area contributed by atoms with Crippen molar-refractivity contribution in [3.63, 3.8) is 0 Å². The highest BCUT2D eigenvalue weighted by Gasteiger charge is 2.72. The van der Waals surface area contributed by atoms with E-state index in [-0.39, 0.29) is 28.3 Å². The second kappa shape index (κ2) is 6.36. The quantitative estimate of drug-likeness (QED) is 0.731. The van der Waals surface area contributed by atoms with Crippen LogP contribution in [0.2, 0.25) is 0 Å². The zero-order chi connectivity index (χ0) is 17.5. The third-order valence-corrected chi connectivity index (χ3v) is 7.66. The van der Waals surface area contributed by atoms with Crippen molar-refractivity contribution < 1.29 is 9.53 Å². The Kier molecular flexibility index (Phi) is 5.18. The van der Waals surface area contributed by atoms with Crippen molar-refractivity contribution in [2.75, 3.05) is 26.2 Å². The summed E-state index contributed by atoms with van der Waals surface area (Å²) in [6, 6.07) is 0. The Labute approximate surface area is 142 Å². The molecule has 23 heavy (non-hydrogen) atoms. The molecule has 2 rings (SSSR count). The molecule has 4 atom stereocenters. The topological polar surface area (TPSA) is 55.6 Å². The molecule has 0 heterocycles. The number of hydrogen-bond donors (Lipinski definition) is 1. The van der Waals surface area contributed by atoms with Crippen LogP contribution < -0.4 is 5.73 Å². The maximum atomic E-state index is 12.8. The lowest BCUT2D eigenvalue weighted by Gasteiger charge is -2.57. The Hall–Kier alpha value is -0.610. The average Bonchev–Trinajstić information content (AvgIpc) is 2.82. The van der Waals surface area contributed by atoms with Crippen molar-refractivity contribution in [1.82, 2.24) is 4.90 Å². The molecule has 2 N–H and O–H groups in total. The van der Waals surface area contributed by atoms with Crippen molar-refractivity contribution in [2.24, 2.45) is 28.4 Å². The van der Waals surface area contributed by atoms with E-state index >= 15 is 0 Å². The Balaban J connectivity index is 2.57. The standard InChI is InChI=1S/C19H36N2O2/c1-7-21(8-2)19(15(13-20)16(22)23-9-3)12-14-10-11-18(19,6)17(14,4)5/h14-15H,7-13,20H2,1-6H3/t14-,15+,18-,19-/m0/s1. The van der Waals surface area contributed by atoms with E-state index in [9.17, 15) is 4.79 Å². The lowest BCUT2D eigenvalue weighted by Crippen LogP contribution is -2.66. The zero-order valence-corrected chi connectivity index (χ0v) is 15.9. The van der Waals surface area contributed by atoms with Crippen molar-refractivity contribution in [3.8, 4) is 0 Å². The molecule has 0 unspecified atom stereocenters. The van der Waals surface area contributed by atoms with Gasteiger partial charge in [-0.2, -0.15) is 0 Å². The number of nitrogens with two attached hydrogens (primary N) is 1. The largest absolute Gasteiger partial charge is 0.466 e. The van der Waals surface area contributed by atoms with Gasteiger partial charge in [-0.25, -0.2) is 0 Å². The second-order valence-electron chi connectivity index (χ2n) is 8.13. The molecule has 0 aliphatic heterocycles. The van der Waals surface area contributed by atoms with Gasteiger partial charge >= 0.3 is 5.97 Å². The zero-order valence-electron chi connectivity index (χ0n) is 15.9. The summed E-state index contributed by atoms with van der Waals surface area (Å²) in [5, 5.41) is 0. The fourth-order valence-electron chi connectivity index (χ4n) is 6.07. The molecular formula is C19H36N2O2. The monoisotopic (exact) mass is 324 g/mol. The van der Waals surface area contributed by atoms with E-state index in [4.69, 9.17) is 10.5 Å². The van der Waals surface area contributed by atoms with Crippen LogP contribution in [0.5, 0.6) is 0 Å². The predicted octanol–water partition coefficient (Wildman–Crippen LogP) is 3.05. The Morgan fingerprint density at radius 1 is 1.26 bits per heavy atom. The number of hydrogen-bond acceptors (Lipinski definition) is 4. The van der Waals surface area contributed by atoms with Crippen LogP contribution in [0.15, 0.2) is 0 Å². The number of nitrogens with zero attached hydrogens (tertiary/aromatic N) is 1. The minimum atomic E-state index is -0.239. The van der Waals surface area contributed by atoms with E-state index in [2.05, 4.69) is 39.5 Å². The molecule has 0 amide bonds. The van der Waals surface area contributed by atoms with Crippen LogP contribution in [0.25, 0.3) is 0 Å². The summed E-state index contributed by atoms with van der Waals surface area (Å²) in [4.78, 5) is 15.3. The molecule has 0 aromatic carbocycles. The molecule has 2 fully saturated rings. The third kappa shape index (κ3) is 2.28. The van der Waals surface area contributed by atoms with E-state index < -0.39 is 0 Å².